The molecule has 0 spiro atoms. The molecule has 0 saturated carbocycles. The van der Waals surface area contributed by atoms with Crippen molar-refractivity contribution in [2.75, 3.05) is 11.9 Å². The normalized spacial score (nSPS) is 12.7. The molecule has 5 rings (SSSR count). The highest BCUT2D eigenvalue weighted by atomic mass is 19.4. The standard InChI is InChI=1S/C28H19F7N6O2/c29-17-6-4-15(5-7-17)18(12-27(30,31)32)25(42)40-20-11-16(8-10-37-20)22-21(19-3-1-2-9-36-19)23-24(41-22)26(39-14-38-23)43-13-28(33,34)35/h1-11,14,18,41H,12-13H2,(H,37,40,42)/t18-/m0/s1. The van der Waals surface area contributed by atoms with Crippen LogP contribution in [0.2, 0.25) is 0 Å². The summed E-state index contributed by atoms with van der Waals surface area (Å²) in [5.74, 6) is -3.91. The van der Waals surface area contributed by atoms with Gasteiger partial charge in [-0.2, -0.15) is 31.3 Å². The van der Waals surface area contributed by atoms with Crippen LogP contribution in [0.5, 0.6) is 5.88 Å². The first kappa shape index (κ1) is 29.4. The summed E-state index contributed by atoms with van der Waals surface area (Å²) in [5, 5.41) is 2.38. The number of halogens is 7. The number of fused-ring (bicyclic) bond motifs is 1. The van der Waals surface area contributed by atoms with E-state index in [1.165, 1.54) is 24.5 Å². The van der Waals surface area contributed by atoms with Crippen LogP contribution in [0.1, 0.15) is 17.9 Å². The Balaban J connectivity index is 1.54. The zero-order valence-corrected chi connectivity index (χ0v) is 21.7. The molecule has 0 unspecified atom stereocenters. The first-order valence-electron chi connectivity index (χ1n) is 12.4. The van der Waals surface area contributed by atoms with Crippen LogP contribution in [0.15, 0.2) is 73.3 Å². The number of aromatic nitrogens is 5. The van der Waals surface area contributed by atoms with Gasteiger partial charge in [0, 0.05) is 18.0 Å². The summed E-state index contributed by atoms with van der Waals surface area (Å²) in [7, 11) is 0. The average molecular weight is 604 g/mol. The second-order valence-electron chi connectivity index (χ2n) is 9.24. The lowest BCUT2D eigenvalue weighted by molar-refractivity contribution is -0.153. The highest BCUT2D eigenvalue weighted by Gasteiger charge is 2.36. The van der Waals surface area contributed by atoms with Gasteiger partial charge in [0.15, 0.2) is 6.61 Å². The highest BCUT2D eigenvalue weighted by molar-refractivity contribution is 6.02. The number of nitrogens with zero attached hydrogens (tertiary/aromatic N) is 4. The van der Waals surface area contributed by atoms with E-state index in [9.17, 15) is 35.5 Å². The number of nitrogens with one attached hydrogen (secondary N) is 2. The summed E-state index contributed by atoms with van der Waals surface area (Å²) in [6.45, 7) is -1.61. The number of H-pyrrole nitrogens is 1. The van der Waals surface area contributed by atoms with E-state index in [1.54, 1.807) is 18.2 Å². The van der Waals surface area contributed by atoms with Crippen molar-refractivity contribution in [1.29, 1.82) is 0 Å². The Morgan fingerprint density at radius 3 is 2.35 bits per heavy atom. The van der Waals surface area contributed by atoms with Crippen molar-refractivity contribution in [3.63, 3.8) is 0 Å². The third kappa shape index (κ3) is 7.05. The molecule has 0 bridgehead atoms. The molecule has 222 valence electrons. The topological polar surface area (TPSA) is 106 Å². The number of amides is 1. The van der Waals surface area contributed by atoms with Crippen LogP contribution in [0.25, 0.3) is 33.5 Å². The van der Waals surface area contributed by atoms with E-state index < -0.39 is 43.0 Å². The quantitative estimate of drug-likeness (QED) is 0.188. The number of rotatable bonds is 8. The highest BCUT2D eigenvalue weighted by Crippen LogP contribution is 2.39. The first-order chi connectivity index (χ1) is 20.4. The lowest BCUT2D eigenvalue weighted by atomic mass is 9.94. The minimum atomic E-state index is -4.71. The predicted molar refractivity (Wildman–Crippen MR) is 140 cm³/mol. The zero-order chi connectivity index (χ0) is 30.8. The van der Waals surface area contributed by atoms with Crippen LogP contribution in [0, 0.1) is 5.82 Å². The Hall–Kier alpha value is -5.08. The maximum Gasteiger partial charge on any atom is 0.422 e. The molecule has 0 fully saturated rings. The molecule has 4 aromatic heterocycles. The van der Waals surface area contributed by atoms with Crippen LogP contribution in [0.3, 0.4) is 0 Å². The maximum absolute atomic E-state index is 13.4. The number of anilines is 1. The molecule has 8 nitrogen and oxygen atoms in total. The molecule has 43 heavy (non-hydrogen) atoms. The SMILES string of the molecule is O=C(Nc1cc(-c2[nH]c3c(OCC(F)(F)F)ncnc3c2-c2ccccn2)ccn1)[C@@H](CC(F)(F)F)c1ccc(F)cc1. The van der Waals surface area contributed by atoms with Gasteiger partial charge < -0.3 is 15.0 Å². The Labute approximate surface area is 238 Å². The number of hydrogen-bond acceptors (Lipinski definition) is 6. The molecule has 0 aliphatic heterocycles. The van der Waals surface area contributed by atoms with Gasteiger partial charge >= 0.3 is 12.4 Å². The molecule has 1 aromatic carbocycles. The summed E-state index contributed by atoms with van der Waals surface area (Å²) in [6.07, 6.45) is -7.04. The fourth-order valence-corrected chi connectivity index (χ4v) is 4.37. The number of carbonyl (C=O) groups is 1. The molecule has 0 aliphatic rings. The monoisotopic (exact) mass is 604 g/mol. The van der Waals surface area contributed by atoms with Crippen LogP contribution in [-0.4, -0.2) is 49.8 Å². The molecule has 0 radical (unpaired) electrons. The number of benzene rings is 1. The molecule has 5 aromatic rings. The van der Waals surface area contributed by atoms with Gasteiger partial charge in [0.05, 0.1) is 29.3 Å². The summed E-state index contributed by atoms with van der Waals surface area (Å²) in [5.41, 5.74) is 1.53. The lowest BCUT2D eigenvalue weighted by Gasteiger charge is -2.19. The van der Waals surface area contributed by atoms with Crippen molar-refractivity contribution in [2.45, 2.75) is 24.7 Å². The molecule has 0 saturated heterocycles. The third-order valence-corrected chi connectivity index (χ3v) is 6.17. The van der Waals surface area contributed by atoms with Gasteiger partial charge in [-0.1, -0.05) is 18.2 Å². The van der Waals surface area contributed by atoms with Gasteiger partial charge in [-0.15, -0.1) is 0 Å². The summed E-state index contributed by atoms with van der Waals surface area (Å²) in [4.78, 5) is 32.4. The largest absolute Gasteiger partial charge is 0.466 e. The van der Waals surface area contributed by atoms with Crippen molar-refractivity contribution in [1.82, 2.24) is 24.9 Å². The molecule has 15 heteroatoms. The van der Waals surface area contributed by atoms with Crippen molar-refractivity contribution < 1.29 is 40.3 Å². The second-order valence-corrected chi connectivity index (χ2v) is 9.24. The minimum Gasteiger partial charge on any atom is -0.466 e. The van der Waals surface area contributed by atoms with Gasteiger partial charge in [0.25, 0.3) is 0 Å². The lowest BCUT2D eigenvalue weighted by Crippen LogP contribution is -2.26. The Kier molecular flexibility index (Phi) is 7.98. The van der Waals surface area contributed by atoms with Gasteiger partial charge in [-0.25, -0.2) is 14.4 Å². The number of ether oxygens (including phenoxy) is 1. The smallest absolute Gasteiger partial charge is 0.422 e. The van der Waals surface area contributed by atoms with Gasteiger partial charge in [0.2, 0.25) is 11.8 Å². The minimum absolute atomic E-state index is 0.0337. The van der Waals surface area contributed by atoms with Crippen LogP contribution >= 0.6 is 0 Å². The van der Waals surface area contributed by atoms with Crippen LogP contribution in [-0.2, 0) is 4.79 Å². The van der Waals surface area contributed by atoms with E-state index in [0.717, 1.165) is 30.6 Å². The van der Waals surface area contributed by atoms with E-state index in [4.69, 9.17) is 4.74 Å². The van der Waals surface area contributed by atoms with Crippen molar-refractivity contribution >= 4 is 22.8 Å². The molecule has 1 atom stereocenters. The molecular weight excluding hydrogens is 585 g/mol. The summed E-state index contributed by atoms with van der Waals surface area (Å²) >= 11 is 0. The Morgan fingerprint density at radius 1 is 0.907 bits per heavy atom. The van der Waals surface area contributed by atoms with E-state index >= 15 is 0 Å². The van der Waals surface area contributed by atoms with Crippen molar-refractivity contribution in [3.8, 4) is 28.4 Å². The second kappa shape index (κ2) is 11.7. The number of hydrogen-bond donors (Lipinski definition) is 2. The number of carbonyl (C=O) groups excluding carboxylic acids is 1. The summed E-state index contributed by atoms with van der Waals surface area (Å²) in [6, 6.07) is 11.9. The van der Waals surface area contributed by atoms with Crippen molar-refractivity contribution in [3.05, 3.63) is 84.7 Å². The van der Waals surface area contributed by atoms with E-state index in [2.05, 4.69) is 30.2 Å². The first-order valence-corrected chi connectivity index (χ1v) is 12.4. The Bertz CT molecular complexity index is 1740. The predicted octanol–water partition coefficient (Wildman–Crippen LogP) is 6.84. The van der Waals surface area contributed by atoms with Gasteiger partial charge in [-0.05, 0) is 42.0 Å². The number of pyridine rings is 2. The summed E-state index contributed by atoms with van der Waals surface area (Å²) < 4.78 is 97.0. The van der Waals surface area contributed by atoms with Crippen LogP contribution in [0.4, 0.5) is 36.6 Å². The fourth-order valence-electron chi connectivity index (χ4n) is 4.37. The van der Waals surface area contributed by atoms with Gasteiger partial charge in [-0.3, -0.25) is 9.78 Å². The molecule has 2 N–H and O–H groups in total. The average Bonchev–Trinajstić information content (AvgIpc) is 3.35. The molecule has 4 heterocycles. The molecule has 0 aliphatic carbocycles. The van der Waals surface area contributed by atoms with E-state index in [0.29, 0.717) is 16.8 Å². The van der Waals surface area contributed by atoms with Crippen molar-refractivity contribution in [2.24, 2.45) is 0 Å². The van der Waals surface area contributed by atoms with E-state index in [1.807, 2.05) is 0 Å². The molecule has 1 amide bonds. The fraction of sp³-hybridized carbons (Fsp3) is 0.179. The number of aromatic amines is 1. The third-order valence-electron chi connectivity index (χ3n) is 6.17. The number of alkyl halides is 6. The van der Waals surface area contributed by atoms with E-state index in [-0.39, 0.29) is 34.0 Å². The Morgan fingerprint density at radius 2 is 1.67 bits per heavy atom. The van der Waals surface area contributed by atoms with Crippen LogP contribution < -0.4 is 10.1 Å². The molecular formula is C28H19F7N6O2. The van der Waals surface area contributed by atoms with Gasteiger partial charge in [0.1, 0.15) is 29.0 Å². The maximum atomic E-state index is 13.4. The zero-order valence-electron chi connectivity index (χ0n) is 21.7.